The van der Waals surface area contributed by atoms with Crippen LogP contribution in [0.1, 0.15) is 75.3 Å². The Bertz CT molecular complexity index is 2240. The number of fused-ring (bicyclic) bond motifs is 7. The van der Waals surface area contributed by atoms with Crippen molar-refractivity contribution in [2.75, 3.05) is 13.2 Å². The highest BCUT2D eigenvalue weighted by molar-refractivity contribution is 6.00. The van der Waals surface area contributed by atoms with E-state index in [1.165, 1.54) is 12.1 Å². The molecule has 0 spiro atoms. The van der Waals surface area contributed by atoms with Crippen LogP contribution in [0, 0.1) is 49.4 Å². The fourth-order valence-corrected chi connectivity index (χ4v) is 10.5. The minimum atomic E-state index is -2.10. The molecule has 2 aromatic heterocycles. The summed E-state index contributed by atoms with van der Waals surface area (Å²) in [5, 5.41) is 30.5. The Hall–Kier alpha value is -4.62. The fraction of sp³-hybridized carbons (Fsp3) is 0.537. The molecule has 12 nitrogen and oxygen atoms in total. The summed E-state index contributed by atoms with van der Waals surface area (Å²) in [6.07, 6.45) is 2.75. The lowest BCUT2D eigenvalue weighted by molar-refractivity contribution is -0.215. The molecule has 0 saturated heterocycles. The summed E-state index contributed by atoms with van der Waals surface area (Å²) in [7, 11) is 0. The van der Waals surface area contributed by atoms with Gasteiger partial charge in [0, 0.05) is 70.6 Å². The number of amides is 2. The number of Topliss-reactive ketones (excluding diaryl/α,β-unsaturated/α-hetero) is 1. The van der Waals surface area contributed by atoms with Gasteiger partial charge in [0.2, 0.25) is 11.7 Å². The highest BCUT2D eigenvalue weighted by atomic mass is 19.1. The number of carbonyl (C=O) groups excluding carboxylic acids is 4. The number of aliphatic hydroxyl groups excluding tert-OH is 1. The first-order chi connectivity index (χ1) is 25.4. The van der Waals surface area contributed by atoms with E-state index in [0.29, 0.717) is 34.5 Å². The number of benzene rings is 1. The van der Waals surface area contributed by atoms with E-state index in [0.717, 1.165) is 21.9 Å². The van der Waals surface area contributed by atoms with Crippen LogP contribution >= 0.6 is 0 Å². The van der Waals surface area contributed by atoms with Crippen molar-refractivity contribution >= 4 is 45.5 Å². The van der Waals surface area contributed by atoms with Gasteiger partial charge in [-0.2, -0.15) is 0 Å². The first-order valence-corrected chi connectivity index (χ1v) is 18.5. The number of alkyl carbamates (subject to hydrolysis) is 1. The van der Waals surface area contributed by atoms with Crippen molar-refractivity contribution in [1.29, 1.82) is 0 Å². The zero-order valence-electron chi connectivity index (χ0n) is 31.4. The molecule has 2 heterocycles. The Morgan fingerprint density at radius 1 is 1.04 bits per heavy atom. The Kier molecular flexibility index (Phi) is 9.08. The molecule has 0 radical (unpaired) electrons. The number of alkyl halides is 1. The number of hydrogen-bond donors (Lipinski definition) is 4. The Morgan fingerprint density at radius 2 is 1.76 bits per heavy atom. The fourth-order valence-electron chi connectivity index (χ4n) is 10.5. The summed E-state index contributed by atoms with van der Waals surface area (Å²) in [5.74, 6) is -2.43. The molecule has 1 aromatic carbocycles. The number of ketones is 2. The van der Waals surface area contributed by atoms with Crippen LogP contribution in [-0.2, 0) is 25.7 Å². The van der Waals surface area contributed by atoms with E-state index < -0.39 is 70.1 Å². The molecule has 0 aliphatic heterocycles. The maximum absolute atomic E-state index is 17.4. The molecule has 2 saturated carbocycles. The molecular weight excluding hydrogens is 699 g/mol. The van der Waals surface area contributed by atoms with Crippen LogP contribution in [0.4, 0.5) is 9.18 Å². The average Bonchev–Trinajstić information content (AvgIpc) is 3.53. The van der Waals surface area contributed by atoms with Crippen molar-refractivity contribution in [1.82, 2.24) is 10.6 Å². The van der Waals surface area contributed by atoms with Crippen LogP contribution in [0.2, 0.25) is 0 Å². The summed E-state index contributed by atoms with van der Waals surface area (Å²) >= 11 is 0. The van der Waals surface area contributed by atoms with Gasteiger partial charge in [-0.25, -0.2) is 14.0 Å². The van der Waals surface area contributed by atoms with Crippen molar-refractivity contribution < 1.29 is 47.4 Å². The topological polar surface area (TPSA) is 185 Å². The largest absolute Gasteiger partial charge is 0.461 e. The summed E-state index contributed by atoms with van der Waals surface area (Å²) in [6.45, 7) is 9.85. The van der Waals surface area contributed by atoms with Crippen molar-refractivity contribution in [3.8, 4) is 0 Å². The van der Waals surface area contributed by atoms with E-state index in [4.69, 9.17) is 13.6 Å². The van der Waals surface area contributed by atoms with Gasteiger partial charge in [-0.1, -0.05) is 31.6 Å². The lowest BCUT2D eigenvalue weighted by Gasteiger charge is -2.62. The molecule has 54 heavy (non-hydrogen) atoms. The smallest absolute Gasteiger partial charge is 0.407 e. The Balaban J connectivity index is 0.949. The number of allylic oxidation sites excluding steroid dienone is 4. The Morgan fingerprint density at radius 3 is 2.50 bits per heavy atom. The van der Waals surface area contributed by atoms with Gasteiger partial charge in [0.05, 0.1) is 6.10 Å². The van der Waals surface area contributed by atoms with E-state index in [-0.39, 0.29) is 50.5 Å². The van der Waals surface area contributed by atoms with Gasteiger partial charge in [0.25, 0.3) is 0 Å². The predicted octanol–water partition coefficient (Wildman–Crippen LogP) is 5.11. The number of hydrogen-bond acceptors (Lipinski definition) is 10. The minimum Gasteiger partial charge on any atom is -0.461 e. The van der Waals surface area contributed by atoms with Gasteiger partial charge in [0.1, 0.15) is 22.5 Å². The molecule has 288 valence electrons. The quantitative estimate of drug-likeness (QED) is 0.178. The van der Waals surface area contributed by atoms with Gasteiger partial charge in [0.15, 0.2) is 18.1 Å². The van der Waals surface area contributed by atoms with Crippen molar-refractivity contribution in [3.63, 3.8) is 0 Å². The first-order valence-electron chi connectivity index (χ1n) is 18.5. The van der Waals surface area contributed by atoms with Gasteiger partial charge >= 0.3 is 11.7 Å². The van der Waals surface area contributed by atoms with Gasteiger partial charge in [-0.3, -0.25) is 14.4 Å². The Labute approximate surface area is 311 Å². The number of halogens is 1. The number of furan rings is 1. The SMILES string of the molecule is Cc1oc2c(C)c3oc(=O)cc(C)c3cc2c1CNC(=O)CCNC(=O)OCC(=O)[C@@]1(O)[C@H](C)CC2C3CC=C4CC(=O)C=CC4(C)[C@@]3(F)C(O)CC21C. The summed E-state index contributed by atoms with van der Waals surface area (Å²) in [4.78, 5) is 63.2. The molecule has 2 fully saturated rings. The van der Waals surface area contributed by atoms with E-state index in [1.807, 2.05) is 19.1 Å². The molecule has 8 atom stereocenters. The molecule has 13 heteroatoms. The maximum Gasteiger partial charge on any atom is 0.407 e. The number of rotatable bonds is 8. The van der Waals surface area contributed by atoms with Crippen molar-refractivity contribution in [2.24, 2.45) is 28.6 Å². The molecule has 7 rings (SSSR count). The third-order valence-corrected chi connectivity index (χ3v) is 13.5. The minimum absolute atomic E-state index is 0.0897. The lowest BCUT2D eigenvalue weighted by atomic mass is 9.45. The zero-order valence-corrected chi connectivity index (χ0v) is 31.4. The molecular formula is C41H47FN2O10. The number of ether oxygens (including phenoxy) is 1. The molecule has 4 N–H and O–H groups in total. The first kappa shape index (κ1) is 37.7. The molecule has 3 aromatic rings. The number of nitrogens with one attached hydrogen (secondary N) is 2. The normalized spacial score (nSPS) is 32.8. The summed E-state index contributed by atoms with van der Waals surface area (Å²) < 4.78 is 34.0. The monoisotopic (exact) mass is 746 g/mol. The average molecular weight is 747 g/mol. The molecule has 5 unspecified atom stereocenters. The van der Waals surface area contributed by atoms with Crippen LogP contribution in [-0.4, -0.2) is 64.3 Å². The highest BCUT2D eigenvalue weighted by Gasteiger charge is 2.75. The van der Waals surface area contributed by atoms with Gasteiger partial charge < -0.3 is 34.4 Å². The van der Waals surface area contributed by atoms with Crippen LogP contribution in [0.5, 0.6) is 0 Å². The third-order valence-electron chi connectivity index (χ3n) is 13.5. The van der Waals surface area contributed by atoms with E-state index in [2.05, 4.69) is 10.6 Å². The second-order valence-electron chi connectivity index (χ2n) is 16.3. The van der Waals surface area contributed by atoms with Gasteiger partial charge in [-0.05, 0) is 76.5 Å². The van der Waals surface area contributed by atoms with Gasteiger partial charge in [-0.15, -0.1) is 0 Å². The molecule has 4 aliphatic carbocycles. The molecule has 0 bridgehead atoms. The van der Waals surface area contributed by atoms with Crippen molar-refractivity contribution in [3.05, 3.63) is 68.8 Å². The second kappa shape index (κ2) is 13.0. The maximum atomic E-state index is 17.4. The van der Waals surface area contributed by atoms with Crippen LogP contribution in [0.25, 0.3) is 21.9 Å². The second-order valence-corrected chi connectivity index (χ2v) is 16.3. The lowest BCUT2D eigenvalue weighted by Crippen LogP contribution is -2.69. The third kappa shape index (κ3) is 5.40. The molecule has 2 amide bonds. The van der Waals surface area contributed by atoms with E-state index in [9.17, 15) is 34.2 Å². The number of aryl methyl sites for hydroxylation is 3. The highest BCUT2D eigenvalue weighted by Crippen LogP contribution is 2.70. The summed E-state index contributed by atoms with van der Waals surface area (Å²) in [6, 6.07) is 3.30. The van der Waals surface area contributed by atoms with Crippen LogP contribution in [0.15, 0.2) is 49.6 Å². The predicted molar refractivity (Wildman–Crippen MR) is 195 cm³/mol. The van der Waals surface area contributed by atoms with Crippen molar-refractivity contribution in [2.45, 2.75) is 97.6 Å². The van der Waals surface area contributed by atoms with E-state index in [1.54, 1.807) is 40.7 Å². The van der Waals surface area contributed by atoms with Crippen LogP contribution < -0.4 is 16.3 Å². The van der Waals surface area contributed by atoms with Crippen LogP contribution in [0.3, 0.4) is 0 Å². The number of aliphatic hydroxyl groups is 2. The standard InChI is InChI=1S/C41H47FN2O10/c1-20-13-34(49)54-35-22(3)36-27(16-26(20)35)28(23(4)53-36)18-44-33(48)10-12-43-37(50)52-19-32(47)41(51)21(2)14-30-29-8-7-24-15-25(45)9-11-38(24,5)40(29,42)31(46)17-39(30,41)6/h7,9,11,13,16,21,29-31,46,51H,8,10,12,14-15,17-19H2,1-6H3,(H,43,50)(H,44,48)/t21-,29?,30?,31?,38?,39?,40+,41+/m1/s1. The zero-order chi connectivity index (χ0) is 39.1. The van der Waals surface area contributed by atoms with E-state index >= 15 is 4.39 Å². The summed E-state index contributed by atoms with van der Waals surface area (Å²) in [5.41, 5.74) is -3.12. The number of carbonyl (C=O) groups is 4. The molecule has 4 aliphatic rings.